The van der Waals surface area contributed by atoms with Gasteiger partial charge >= 0.3 is 0 Å². The number of nitrogens with zero attached hydrogens (tertiary/aromatic N) is 1. The van der Waals surface area contributed by atoms with E-state index < -0.39 is 6.10 Å². The predicted octanol–water partition coefficient (Wildman–Crippen LogP) is 3.51. The summed E-state index contributed by atoms with van der Waals surface area (Å²) in [6.07, 6.45) is 0.320. The maximum atomic E-state index is 10.6. The van der Waals surface area contributed by atoms with Crippen molar-refractivity contribution >= 4 is 16.7 Å². The van der Waals surface area contributed by atoms with Gasteiger partial charge in [0.15, 0.2) is 0 Å². The van der Waals surface area contributed by atoms with Crippen molar-refractivity contribution in [3.8, 4) is 0 Å². The number of furan rings is 1. The van der Waals surface area contributed by atoms with Crippen LogP contribution in [0.5, 0.6) is 0 Å². The van der Waals surface area contributed by atoms with Crippen LogP contribution in [0.4, 0.5) is 5.69 Å². The average molecular weight is 279 g/mol. The molecule has 106 valence electrons. The van der Waals surface area contributed by atoms with Gasteiger partial charge in [-0.3, -0.25) is 0 Å². The zero-order chi connectivity index (χ0) is 14.4. The van der Waals surface area contributed by atoms with Gasteiger partial charge < -0.3 is 14.4 Å². The Labute approximate surface area is 123 Å². The van der Waals surface area contributed by atoms with Gasteiger partial charge in [0, 0.05) is 24.7 Å². The molecule has 1 N–H and O–H groups in total. The predicted molar refractivity (Wildman–Crippen MR) is 83.7 cm³/mol. The van der Waals surface area contributed by atoms with E-state index in [1.165, 1.54) is 11.3 Å². The summed E-state index contributed by atoms with van der Waals surface area (Å²) < 4.78 is 5.76. The van der Waals surface area contributed by atoms with Crippen LogP contribution in [0.3, 0.4) is 0 Å². The molecule has 2 aromatic carbocycles. The van der Waals surface area contributed by atoms with E-state index in [4.69, 9.17) is 4.42 Å². The highest BCUT2D eigenvalue weighted by atomic mass is 16.4. The molecule has 1 aromatic heterocycles. The smallest absolute Gasteiger partial charge is 0.138 e. The number of rotatable bonds is 2. The van der Waals surface area contributed by atoms with Crippen LogP contribution >= 0.6 is 0 Å². The summed E-state index contributed by atoms with van der Waals surface area (Å²) in [6, 6.07) is 15.9. The zero-order valence-corrected chi connectivity index (χ0v) is 11.9. The van der Waals surface area contributed by atoms with Crippen molar-refractivity contribution in [2.75, 3.05) is 18.5 Å². The number of aliphatic hydroxyl groups is 1. The van der Waals surface area contributed by atoms with Gasteiger partial charge in [-0.15, -0.1) is 0 Å². The third kappa shape index (κ3) is 2.01. The number of anilines is 1. The molecular formula is C18H17NO2. The topological polar surface area (TPSA) is 36.6 Å². The summed E-state index contributed by atoms with van der Waals surface area (Å²) in [5.41, 5.74) is 4.26. The molecular weight excluding hydrogens is 262 g/mol. The Morgan fingerprint density at radius 1 is 1.14 bits per heavy atom. The lowest BCUT2D eigenvalue weighted by Crippen LogP contribution is -2.12. The van der Waals surface area contributed by atoms with Crippen molar-refractivity contribution in [3.63, 3.8) is 0 Å². The van der Waals surface area contributed by atoms with Gasteiger partial charge in [-0.2, -0.15) is 0 Å². The molecule has 2 heterocycles. The van der Waals surface area contributed by atoms with E-state index >= 15 is 0 Å². The fourth-order valence-corrected chi connectivity index (χ4v) is 3.06. The number of hydrogen-bond acceptors (Lipinski definition) is 3. The Morgan fingerprint density at radius 3 is 2.86 bits per heavy atom. The second-order valence-corrected chi connectivity index (χ2v) is 5.65. The first kappa shape index (κ1) is 12.5. The number of fused-ring (bicyclic) bond motifs is 2. The van der Waals surface area contributed by atoms with Crippen LogP contribution in [0.2, 0.25) is 0 Å². The lowest BCUT2D eigenvalue weighted by molar-refractivity contribution is 0.192. The van der Waals surface area contributed by atoms with E-state index in [2.05, 4.69) is 24.1 Å². The van der Waals surface area contributed by atoms with Crippen molar-refractivity contribution < 1.29 is 9.52 Å². The van der Waals surface area contributed by atoms with Crippen LogP contribution in [0.15, 0.2) is 52.9 Å². The molecule has 21 heavy (non-hydrogen) atoms. The van der Waals surface area contributed by atoms with Gasteiger partial charge in [-0.1, -0.05) is 30.3 Å². The van der Waals surface area contributed by atoms with Crippen LogP contribution in [-0.2, 0) is 6.42 Å². The fraction of sp³-hybridized carbons (Fsp3) is 0.222. The second-order valence-electron chi connectivity index (χ2n) is 5.65. The summed E-state index contributed by atoms with van der Waals surface area (Å²) in [7, 11) is 2.10. The molecule has 4 rings (SSSR count). The van der Waals surface area contributed by atoms with Crippen molar-refractivity contribution in [3.05, 3.63) is 65.4 Å². The molecule has 3 aromatic rings. The summed E-state index contributed by atoms with van der Waals surface area (Å²) in [5.74, 6) is 0.600. The van der Waals surface area contributed by atoms with Crippen molar-refractivity contribution in [2.45, 2.75) is 12.5 Å². The van der Waals surface area contributed by atoms with Crippen molar-refractivity contribution in [1.29, 1.82) is 0 Å². The minimum absolute atomic E-state index is 0.600. The molecule has 0 aliphatic carbocycles. The minimum Gasteiger partial charge on any atom is -0.458 e. The lowest BCUT2D eigenvalue weighted by Gasteiger charge is -2.13. The van der Waals surface area contributed by atoms with Crippen LogP contribution in [0.25, 0.3) is 11.0 Å². The van der Waals surface area contributed by atoms with E-state index in [-0.39, 0.29) is 0 Å². The summed E-state index contributed by atoms with van der Waals surface area (Å²) in [4.78, 5) is 2.24. The average Bonchev–Trinajstić information content (AvgIpc) is 3.10. The SMILES string of the molecule is CN1CCc2cc(C(O)c3cc4ccccc4o3)ccc21. The third-order valence-electron chi connectivity index (χ3n) is 4.26. The highest BCUT2D eigenvalue weighted by molar-refractivity contribution is 5.78. The maximum absolute atomic E-state index is 10.6. The van der Waals surface area contributed by atoms with Gasteiger partial charge in [-0.05, 0) is 35.7 Å². The standard InChI is InChI=1S/C18H17NO2/c1-19-9-8-12-10-14(6-7-15(12)19)18(20)17-11-13-4-2-3-5-16(13)21-17/h2-7,10-11,18,20H,8-9H2,1H3. The molecule has 1 aliphatic heterocycles. The summed E-state index contributed by atoms with van der Waals surface area (Å²) >= 11 is 0. The first-order valence-electron chi connectivity index (χ1n) is 7.23. The fourth-order valence-electron chi connectivity index (χ4n) is 3.06. The largest absolute Gasteiger partial charge is 0.458 e. The molecule has 0 radical (unpaired) electrons. The Kier molecular flexibility index (Phi) is 2.76. The van der Waals surface area contributed by atoms with E-state index in [0.717, 1.165) is 29.5 Å². The first-order valence-corrected chi connectivity index (χ1v) is 7.23. The van der Waals surface area contributed by atoms with Gasteiger partial charge in [0.2, 0.25) is 0 Å². The maximum Gasteiger partial charge on any atom is 0.138 e. The van der Waals surface area contributed by atoms with E-state index in [1.54, 1.807) is 0 Å². The summed E-state index contributed by atoms with van der Waals surface area (Å²) in [5, 5.41) is 11.6. The first-order chi connectivity index (χ1) is 10.2. The number of benzene rings is 2. The highest BCUT2D eigenvalue weighted by Crippen LogP contribution is 2.33. The van der Waals surface area contributed by atoms with Crippen molar-refractivity contribution in [1.82, 2.24) is 0 Å². The molecule has 1 atom stereocenters. The molecule has 1 aliphatic rings. The van der Waals surface area contributed by atoms with Crippen molar-refractivity contribution in [2.24, 2.45) is 0 Å². The number of para-hydroxylation sites is 1. The van der Waals surface area contributed by atoms with Crippen LogP contribution in [0.1, 0.15) is 23.0 Å². The molecule has 1 unspecified atom stereocenters. The number of hydrogen-bond donors (Lipinski definition) is 1. The molecule has 0 amide bonds. The van der Waals surface area contributed by atoms with Gasteiger partial charge in [0.05, 0.1) is 0 Å². The second kappa shape index (κ2) is 4.64. The van der Waals surface area contributed by atoms with Gasteiger partial charge in [0.1, 0.15) is 17.4 Å². The highest BCUT2D eigenvalue weighted by Gasteiger charge is 2.20. The molecule has 3 heteroatoms. The number of aliphatic hydroxyl groups excluding tert-OH is 1. The number of likely N-dealkylation sites (N-methyl/N-ethyl adjacent to an activating group) is 1. The molecule has 0 spiro atoms. The van der Waals surface area contributed by atoms with Crippen LogP contribution in [-0.4, -0.2) is 18.7 Å². The Bertz CT molecular complexity index is 773. The quantitative estimate of drug-likeness (QED) is 0.780. The zero-order valence-electron chi connectivity index (χ0n) is 11.9. The molecule has 3 nitrogen and oxygen atoms in total. The monoisotopic (exact) mass is 279 g/mol. The molecule has 0 bridgehead atoms. The lowest BCUT2D eigenvalue weighted by atomic mass is 10.0. The van der Waals surface area contributed by atoms with Gasteiger partial charge in [0.25, 0.3) is 0 Å². The van der Waals surface area contributed by atoms with E-state index in [0.29, 0.717) is 5.76 Å². The Balaban J connectivity index is 1.72. The molecule has 0 saturated heterocycles. The minimum atomic E-state index is -0.714. The molecule has 0 saturated carbocycles. The molecule has 0 fully saturated rings. The van der Waals surface area contributed by atoms with E-state index in [9.17, 15) is 5.11 Å². The Morgan fingerprint density at radius 2 is 2.00 bits per heavy atom. The summed E-state index contributed by atoms with van der Waals surface area (Å²) in [6.45, 7) is 1.04. The van der Waals surface area contributed by atoms with Crippen LogP contribution < -0.4 is 4.90 Å². The third-order valence-corrected chi connectivity index (χ3v) is 4.26. The van der Waals surface area contributed by atoms with Gasteiger partial charge in [-0.25, -0.2) is 0 Å². The Hall–Kier alpha value is -2.26. The van der Waals surface area contributed by atoms with E-state index in [1.807, 2.05) is 36.4 Å². The normalized spacial score (nSPS) is 15.4. The van der Waals surface area contributed by atoms with Crippen LogP contribution in [0, 0.1) is 0 Å².